The number of nitrogens with zero attached hydrogens (tertiary/aromatic N) is 4. The number of carbonyl (C=O) groups excluding carboxylic acids is 3. The summed E-state index contributed by atoms with van der Waals surface area (Å²) in [6.07, 6.45) is 1.79. The molecule has 3 rings (SSSR count). The molecule has 2 aliphatic rings. The van der Waals surface area contributed by atoms with Gasteiger partial charge in [0.15, 0.2) is 0 Å². The number of carbonyl (C=O) groups is 3. The van der Waals surface area contributed by atoms with Crippen molar-refractivity contribution in [2.24, 2.45) is 12.1 Å². The molecular formula is C19H27N5O3. The number of amides is 3. The van der Waals surface area contributed by atoms with Gasteiger partial charge in [-0.25, -0.2) is 5.43 Å². The van der Waals surface area contributed by atoms with E-state index in [2.05, 4.69) is 21.2 Å². The van der Waals surface area contributed by atoms with Gasteiger partial charge in [-0.1, -0.05) is 0 Å². The highest BCUT2D eigenvalue weighted by Crippen LogP contribution is 2.16. The topological polar surface area (TPSA) is 87.0 Å². The van der Waals surface area contributed by atoms with Crippen molar-refractivity contribution in [1.82, 2.24) is 19.8 Å². The molecule has 8 nitrogen and oxygen atoms in total. The molecule has 0 aromatic carbocycles. The second kappa shape index (κ2) is 7.94. The molecule has 8 heteroatoms. The van der Waals surface area contributed by atoms with Crippen LogP contribution in [0.25, 0.3) is 0 Å². The Balaban J connectivity index is 1.59. The van der Waals surface area contributed by atoms with E-state index in [-0.39, 0.29) is 17.7 Å². The third-order valence-corrected chi connectivity index (χ3v) is 5.51. The summed E-state index contributed by atoms with van der Waals surface area (Å²) in [6, 6.07) is 2.07. The molecule has 27 heavy (non-hydrogen) atoms. The SMILES string of the molecule is Cc1cc(CC(=O)N2CCCN(C(=O)C3=NNC(=O)CC3)CC2)c(C)n1C. The maximum Gasteiger partial charge on any atom is 0.270 e. The Hall–Kier alpha value is -2.64. The van der Waals surface area contributed by atoms with Crippen LogP contribution in [0.5, 0.6) is 0 Å². The smallest absolute Gasteiger partial charge is 0.270 e. The van der Waals surface area contributed by atoms with Gasteiger partial charge < -0.3 is 14.4 Å². The van der Waals surface area contributed by atoms with Crippen molar-refractivity contribution in [3.8, 4) is 0 Å². The minimum absolute atomic E-state index is 0.0975. The van der Waals surface area contributed by atoms with E-state index in [0.717, 1.165) is 23.4 Å². The van der Waals surface area contributed by atoms with E-state index in [4.69, 9.17) is 0 Å². The van der Waals surface area contributed by atoms with Crippen LogP contribution in [-0.4, -0.2) is 64.0 Å². The quantitative estimate of drug-likeness (QED) is 0.838. The molecule has 1 aromatic rings. The monoisotopic (exact) mass is 373 g/mol. The standard InChI is InChI=1S/C19H27N5O3/c1-13-11-15(14(2)22(13)3)12-18(26)23-7-4-8-24(10-9-23)19(27)16-5-6-17(25)21-20-16/h11H,4-10,12H2,1-3H3,(H,21,25). The number of aryl methyl sites for hydroxylation is 1. The molecular weight excluding hydrogens is 346 g/mol. The van der Waals surface area contributed by atoms with E-state index in [1.807, 2.05) is 25.8 Å². The predicted octanol–water partition coefficient (Wildman–Crippen LogP) is 0.511. The molecule has 0 saturated carbocycles. The summed E-state index contributed by atoms with van der Waals surface area (Å²) in [5.41, 5.74) is 6.08. The lowest BCUT2D eigenvalue weighted by Crippen LogP contribution is -2.42. The molecule has 1 fully saturated rings. The molecule has 0 radical (unpaired) electrons. The van der Waals surface area contributed by atoms with Crippen LogP contribution in [0.4, 0.5) is 0 Å². The normalized spacial score (nSPS) is 18.0. The Morgan fingerprint density at radius 2 is 1.81 bits per heavy atom. The van der Waals surface area contributed by atoms with E-state index in [9.17, 15) is 14.4 Å². The lowest BCUT2D eigenvalue weighted by molar-refractivity contribution is -0.131. The lowest BCUT2D eigenvalue weighted by Gasteiger charge is -2.23. The number of rotatable bonds is 3. The number of hydrogen-bond donors (Lipinski definition) is 1. The Morgan fingerprint density at radius 1 is 1.11 bits per heavy atom. The van der Waals surface area contributed by atoms with Gasteiger partial charge in [0, 0.05) is 57.5 Å². The van der Waals surface area contributed by atoms with Crippen molar-refractivity contribution in [3.63, 3.8) is 0 Å². The molecule has 1 N–H and O–H groups in total. The van der Waals surface area contributed by atoms with Gasteiger partial charge in [-0.15, -0.1) is 0 Å². The van der Waals surface area contributed by atoms with Crippen molar-refractivity contribution in [2.75, 3.05) is 26.2 Å². The van der Waals surface area contributed by atoms with Crippen molar-refractivity contribution >= 4 is 23.4 Å². The molecule has 1 aromatic heterocycles. The first-order valence-electron chi connectivity index (χ1n) is 9.41. The molecule has 0 unspecified atom stereocenters. The Kier molecular flexibility index (Phi) is 5.62. The third kappa shape index (κ3) is 4.20. The van der Waals surface area contributed by atoms with E-state index in [0.29, 0.717) is 51.2 Å². The van der Waals surface area contributed by atoms with Crippen LogP contribution in [0, 0.1) is 13.8 Å². The highest BCUT2D eigenvalue weighted by Gasteiger charge is 2.27. The van der Waals surface area contributed by atoms with Crippen molar-refractivity contribution in [2.45, 2.75) is 39.5 Å². The zero-order valence-electron chi connectivity index (χ0n) is 16.2. The Bertz CT molecular complexity index is 796. The maximum absolute atomic E-state index is 12.7. The van der Waals surface area contributed by atoms with Crippen LogP contribution in [0.3, 0.4) is 0 Å². The van der Waals surface area contributed by atoms with Gasteiger partial charge in [-0.2, -0.15) is 5.10 Å². The zero-order valence-corrected chi connectivity index (χ0v) is 16.2. The van der Waals surface area contributed by atoms with Gasteiger partial charge >= 0.3 is 0 Å². The summed E-state index contributed by atoms with van der Waals surface area (Å²) in [6.45, 7) is 6.32. The first kappa shape index (κ1) is 19.1. The first-order valence-corrected chi connectivity index (χ1v) is 9.41. The second-order valence-electron chi connectivity index (χ2n) is 7.25. The predicted molar refractivity (Wildman–Crippen MR) is 101 cm³/mol. The highest BCUT2D eigenvalue weighted by molar-refractivity contribution is 6.39. The molecule has 0 bridgehead atoms. The fraction of sp³-hybridized carbons (Fsp3) is 0.579. The van der Waals surface area contributed by atoms with Crippen LogP contribution >= 0.6 is 0 Å². The average molecular weight is 373 g/mol. The number of hydrogen-bond acceptors (Lipinski definition) is 4. The minimum atomic E-state index is -0.161. The minimum Gasteiger partial charge on any atom is -0.352 e. The van der Waals surface area contributed by atoms with Crippen molar-refractivity contribution in [1.29, 1.82) is 0 Å². The highest BCUT2D eigenvalue weighted by atomic mass is 16.2. The van der Waals surface area contributed by atoms with E-state index < -0.39 is 0 Å². The zero-order chi connectivity index (χ0) is 19.6. The fourth-order valence-corrected chi connectivity index (χ4v) is 3.57. The van der Waals surface area contributed by atoms with Gasteiger partial charge in [-0.05, 0) is 31.9 Å². The van der Waals surface area contributed by atoms with Crippen LogP contribution in [0.2, 0.25) is 0 Å². The van der Waals surface area contributed by atoms with Crippen LogP contribution in [0.15, 0.2) is 11.2 Å². The number of nitrogens with one attached hydrogen (secondary N) is 1. The molecule has 0 atom stereocenters. The molecule has 3 heterocycles. The summed E-state index contributed by atoms with van der Waals surface area (Å²) < 4.78 is 2.09. The summed E-state index contributed by atoms with van der Waals surface area (Å²) in [4.78, 5) is 40.1. The first-order chi connectivity index (χ1) is 12.9. The summed E-state index contributed by atoms with van der Waals surface area (Å²) in [7, 11) is 2.00. The average Bonchev–Trinajstić information content (AvgIpc) is 2.86. The molecule has 146 valence electrons. The molecule has 2 aliphatic heterocycles. The van der Waals surface area contributed by atoms with E-state index >= 15 is 0 Å². The van der Waals surface area contributed by atoms with Gasteiger partial charge in [0.25, 0.3) is 5.91 Å². The lowest BCUT2D eigenvalue weighted by atomic mass is 10.1. The van der Waals surface area contributed by atoms with Crippen LogP contribution in [-0.2, 0) is 27.9 Å². The molecule has 0 spiro atoms. The Morgan fingerprint density at radius 3 is 2.44 bits per heavy atom. The van der Waals surface area contributed by atoms with Gasteiger partial charge in [0.2, 0.25) is 11.8 Å². The summed E-state index contributed by atoms with van der Waals surface area (Å²) in [5.74, 6) is -0.204. The fourth-order valence-electron chi connectivity index (χ4n) is 3.57. The number of hydrazone groups is 1. The number of aromatic nitrogens is 1. The largest absolute Gasteiger partial charge is 0.352 e. The van der Waals surface area contributed by atoms with Crippen molar-refractivity contribution < 1.29 is 14.4 Å². The summed E-state index contributed by atoms with van der Waals surface area (Å²) in [5, 5.41) is 3.89. The van der Waals surface area contributed by atoms with Crippen molar-refractivity contribution in [3.05, 3.63) is 23.0 Å². The maximum atomic E-state index is 12.7. The third-order valence-electron chi connectivity index (χ3n) is 5.51. The van der Waals surface area contributed by atoms with Gasteiger partial charge in [0.1, 0.15) is 5.71 Å². The summed E-state index contributed by atoms with van der Waals surface area (Å²) >= 11 is 0. The van der Waals surface area contributed by atoms with E-state index in [1.165, 1.54) is 0 Å². The Labute approximate surface area is 159 Å². The van der Waals surface area contributed by atoms with E-state index in [1.54, 1.807) is 4.90 Å². The molecule has 3 amide bonds. The second-order valence-corrected chi connectivity index (χ2v) is 7.25. The molecule has 1 saturated heterocycles. The van der Waals surface area contributed by atoms with Gasteiger partial charge in [-0.3, -0.25) is 14.4 Å². The van der Waals surface area contributed by atoms with Crippen LogP contribution in [0.1, 0.15) is 36.2 Å². The van der Waals surface area contributed by atoms with Gasteiger partial charge in [0.05, 0.1) is 6.42 Å². The molecule has 0 aliphatic carbocycles. The van der Waals surface area contributed by atoms with Crippen LogP contribution < -0.4 is 5.43 Å².